The maximum Gasteiger partial charge on any atom is 0.407 e. The summed E-state index contributed by atoms with van der Waals surface area (Å²) >= 11 is 0. The Morgan fingerprint density at radius 2 is 1.67 bits per heavy atom. The average Bonchev–Trinajstić information content (AvgIpc) is 4.17. The number of carbonyl (C=O) groups is 4. The number of ether oxygens (including phenoxy) is 4. The van der Waals surface area contributed by atoms with E-state index in [0.29, 0.717) is 49.8 Å². The van der Waals surface area contributed by atoms with Gasteiger partial charge in [-0.15, -0.1) is 0 Å². The van der Waals surface area contributed by atoms with Crippen molar-refractivity contribution in [1.29, 1.82) is 0 Å². The van der Waals surface area contributed by atoms with Crippen molar-refractivity contribution in [2.75, 3.05) is 34.5 Å². The van der Waals surface area contributed by atoms with Crippen molar-refractivity contribution in [1.82, 2.24) is 40.4 Å². The monoisotopic (exact) mass is 896 g/mol. The van der Waals surface area contributed by atoms with Gasteiger partial charge in [-0.2, -0.15) is 0 Å². The highest BCUT2D eigenvalue weighted by atomic mass is 16.5. The second-order valence-corrected chi connectivity index (χ2v) is 17.7. The number of hydrogen-bond acceptors (Lipinski definition) is 10. The normalized spacial score (nSPS) is 20.3. The van der Waals surface area contributed by atoms with Crippen LogP contribution in [-0.2, 0) is 30.4 Å². The summed E-state index contributed by atoms with van der Waals surface area (Å²) < 4.78 is 21.8. The largest absolute Gasteiger partial charge is 0.488 e. The molecule has 0 radical (unpaired) electrons. The number of methoxy groups -OCH3 is 3. The third-order valence-electron chi connectivity index (χ3n) is 13.7. The molecule has 16 heteroatoms. The van der Waals surface area contributed by atoms with Crippen LogP contribution in [0.2, 0.25) is 0 Å². The van der Waals surface area contributed by atoms with E-state index in [4.69, 9.17) is 28.9 Å². The summed E-state index contributed by atoms with van der Waals surface area (Å²) in [5.74, 6) is 1.68. The topological polar surface area (TPSA) is 193 Å². The van der Waals surface area contributed by atoms with E-state index in [1.165, 1.54) is 14.2 Å². The fourth-order valence-electron chi connectivity index (χ4n) is 9.99. The first-order valence-electron chi connectivity index (χ1n) is 22.6. The van der Waals surface area contributed by atoms with Crippen LogP contribution in [0.5, 0.6) is 5.75 Å². The van der Waals surface area contributed by atoms with Gasteiger partial charge in [0.05, 0.1) is 55.8 Å². The van der Waals surface area contributed by atoms with E-state index in [-0.39, 0.29) is 35.7 Å². The number of hydrogen-bond donors (Lipinski definition) is 4. The van der Waals surface area contributed by atoms with Crippen LogP contribution >= 0.6 is 0 Å². The van der Waals surface area contributed by atoms with Gasteiger partial charge in [0.25, 0.3) is 5.91 Å². The number of H-pyrrole nitrogens is 2. The van der Waals surface area contributed by atoms with Crippen LogP contribution in [0, 0.1) is 11.8 Å². The number of nitrogens with zero attached hydrogens (tertiary/aromatic N) is 4. The van der Waals surface area contributed by atoms with Gasteiger partial charge in [-0.25, -0.2) is 19.6 Å². The molecule has 2 aromatic heterocycles. The fraction of sp³-hybridized carbons (Fsp3) is 0.400. The molecule has 0 spiro atoms. The van der Waals surface area contributed by atoms with Crippen molar-refractivity contribution in [3.63, 3.8) is 0 Å². The number of aromatic nitrogens is 4. The Kier molecular flexibility index (Phi) is 12.4. The number of carbonyl (C=O) groups excluding carboxylic acids is 4. The molecular weight excluding hydrogens is 841 g/mol. The molecule has 0 aliphatic carbocycles. The second kappa shape index (κ2) is 18.5. The first-order chi connectivity index (χ1) is 32.0. The first kappa shape index (κ1) is 44.3. The number of benzene rings is 4. The Morgan fingerprint density at radius 3 is 2.42 bits per heavy atom. The molecule has 16 nitrogen and oxygen atoms in total. The lowest BCUT2D eigenvalue weighted by Crippen LogP contribution is -2.53. The van der Waals surface area contributed by atoms with Crippen LogP contribution < -0.4 is 15.4 Å². The second-order valence-electron chi connectivity index (χ2n) is 17.7. The Morgan fingerprint density at radius 1 is 0.879 bits per heavy atom. The Hall–Kier alpha value is -6.94. The number of imidazole rings is 2. The first-order valence-corrected chi connectivity index (χ1v) is 22.6. The molecule has 9 rings (SSSR count). The molecular formula is C50H56N8O8. The molecule has 0 bridgehead atoms. The lowest BCUT2D eigenvalue weighted by molar-refractivity contribution is -0.137. The molecule has 0 saturated carbocycles. The average molecular weight is 897 g/mol. The van der Waals surface area contributed by atoms with Crippen molar-refractivity contribution in [3.05, 3.63) is 102 Å². The SMILES string of the molecule is CC[C@H](C)C(NC(=O)OC)C(=O)N1[C@@H](C)CC[C@H]1c1ncc(-c2ccc3c(c2)COc2cc4c(ccc5[nH]c([C@@H]6C[C@H](COC)CN6C(=O)[C@H](NC(=O)OC)c6ccccc6)nc54)cc2-3)[nH]1. The smallest absolute Gasteiger partial charge is 0.407 e. The van der Waals surface area contributed by atoms with Crippen LogP contribution in [0.3, 0.4) is 0 Å². The van der Waals surface area contributed by atoms with Crippen molar-refractivity contribution in [3.8, 4) is 28.1 Å². The van der Waals surface area contributed by atoms with E-state index < -0.39 is 30.3 Å². The molecule has 1 unspecified atom stereocenters. The van der Waals surface area contributed by atoms with Crippen LogP contribution in [0.1, 0.15) is 87.4 Å². The molecule has 4 aromatic carbocycles. The van der Waals surface area contributed by atoms with Crippen molar-refractivity contribution >= 4 is 45.8 Å². The molecule has 66 heavy (non-hydrogen) atoms. The van der Waals surface area contributed by atoms with Crippen LogP contribution in [0.25, 0.3) is 44.2 Å². The number of aromatic amines is 2. The van der Waals surface area contributed by atoms with E-state index in [0.717, 1.165) is 68.3 Å². The van der Waals surface area contributed by atoms with Crippen LogP contribution in [0.15, 0.2) is 79.0 Å². The summed E-state index contributed by atoms with van der Waals surface area (Å²) in [5.41, 5.74) is 7.10. The molecule has 7 atom stereocenters. The molecule has 4 amide bonds. The van der Waals surface area contributed by atoms with Gasteiger partial charge < -0.3 is 49.3 Å². The summed E-state index contributed by atoms with van der Waals surface area (Å²) in [6, 6.07) is 21.4. The summed E-state index contributed by atoms with van der Waals surface area (Å²) in [7, 11) is 4.23. The number of amides is 4. The molecule has 5 heterocycles. The molecule has 4 N–H and O–H groups in total. The zero-order valence-electron chi connectivity index (χ0n) is 38.1. The Labute approximate surface area is 382 Å². The molecule has 3 aliphatic rings. The van der Waals surface area contributed by atoms with E-state index in [2.05, 4.69) is 57.0 Å². The predicted octanol–water partition coefficient (Wildman–Crippen LogP) is 8.12. The van der Waals surface area contributed by atoms with Gasteiger partial charge in [0.1, 0.15) is 36.1 Å². The molecule has 2 fully saturated rings. The van der Waals surface area contributed by atoms with Gasteiger partial charge in [0.15, 0.2) is 0 Å². The minimum Gasteiger partial charge on any atom is -0.488 e. The summed E-state index contributed by atoms with van der Waals surface area (Å²) in [6.45, 7) is 7.26. The van der Waals surface area contributed by atoms with Gasteiger partial charge in [-0.05, 0) is 84.0 Å². The summed E-state index contributed by atoms with van der Waals surface area (Å²) in [6.07, 6.45) is 3.40. The van der Waals surface area contributed by atoms with Crippen molar-refractivity contribution < 1.29 is 38.1 Å². The maximum absolute atomic E-state index is 14.4. The third-order valence-corrected chi connectivity index (χ3v) is 13.7. The van der Waals surface area contributed by atoms with E-state index >= 15 is 0 Å². The highest BCUT2D eigenvalue weighted by Crippen LogP contribution is 2.44. The zero-order valence-corrected chi connectivity index (χ0v) is 38.1. The lowest BCUT2D eigenvalue weighted by atomic mass is 9.92. The van der Waals surface area contributed by atoms with E-state index in [9.17, 15) is 19.2 Å². The fourth-order valence-corrected chi connectivity index (χ4v) is 9.99. The summed E-state index contributed by atoms with van der Waals surface area (Å²) in [4.78, 5) is 73.9. The molecule has 6 aromatic rings. The van der Waals surface area contributed by atoms with Gasteiger partial charge in [0, 0.05) is 36.6 Å². The number of likely N-dealkylation sites (tertiary alicyclic amines) is 2. The van der Waals surface area contributed by atoms with Crippen molar-refractivity contribution in [2.45, 2.75) is 83.3 Å². The Balaban J connectivity index is 0.979. The van der Waals surface area contributed by atoms with Crippen LogP contribution in [0.4, 0.5) is 9.59 Å². The van der Waals surface area contributed by atoms with Crippen molar-refractivity contribution in [2.24, 2.45) is 11.8 Å². The van der Waals surface area contributed by atoms with Gasteiger partial charge in [0.2, 0.25) is 5.91 Å². The minimum absolute atomic E-state index is 0.0242. The highest BCUT2D eigenvalue weighted by molar-refractivity contribution is 6.07. The molecule has 3 aliphatic heterocycles. The van der Waals surface area contributed by atoms with E-state index in [1.807, 2.05) is 68.3 Å². The molecule has 2 saturated heterocycles. The standard InChI is InChI=1S/C50H56N8O8/c1-7-27(2)42(55-49(61)64-5)48(60)58-28(3)13-18-39(58)45-51-23-38(53-45)32-14-16-34-33(20-32)26-66-41-22-35-31(21-36(34)41)15-17-37-44(35)54-46(52-37)40-19-29(25-63-4)24-57(40)47(59)43(56-50(62)65-6)30-11-9-8-10-12-30/h8-12,14-17,20-23,27-29,39-40,42-43H,7,13,18-19,24-26H2,1-6H3,(H,51,53)(H,52,54)(H,55,61)(H,56,62)/t27-,28-,29-,39-,40-,42?,43+/m0/s1. The van der Waals surface area contributed by atoms with Gasteiger partial charge >= 0.3 is 12.2 Å². The van der Waals surface area contributed by atoms with Gasteiger partial charge in [-0.3, -0.25) is 9.59 Å². The quantitative estimate of drug-likeness (QED) is 0.0933. The number of alkyl carbamates (subject to hydrolysis) is 2. The maximum atomic E-state index is 14.4. The van der Waals surface area contributed by atoms with Crippen LogP contribution in [-0.4, -0.2) is 100 Å². The van der Waals surface area contributed by atoms with Gasteiger partial charge in [-0.1, -0.05) is 68.8 Å². The number of fused-ring (bicyclic) bond motifs is 6. The lowest BCUT2D eigenvalue weighted by Gasteiger charge is -2.33. The molecule has 344 valence electrons. The predicted molar refractivity (Wildman–Crippen MR) is 247 cm³/mol. The Bertz CT molecular complexity index is 2790. The number of rotatable bonds is 12. The zero-order chi connectivity index (χ0) is 46.2. The van der Waals surface area contributed by atoms with E-state index in [1.54, 1.807) is 12.0 Å². The number of nitrogens with one attached hydrogen (secondary N) is 4. The summed E-state index contributed by atoms with van der Waals surface area (Å²) in [5, 5.41) is 7.44. The minimum atomic E-state index is -0.956. The third kappa shape index (κ3) is 8.29. The highest BCUT2D eigenvalue weighted by Gasteiger charge is 2.43.